The Kier molecular flexibility index (Phi) is 2.55. The molecular formula is C12H18N4O2. The molecule has 0 aromatic carbocycles. The molecule has 0 radical (unpaired) electrons. The van der Waals surface area contributed by atoms with Crippen LogP contribution >= 0.6 is 0 Å². The molecule has 1 saturated heterocycles. The molecule has 1 amide bonds. The predicted molar refractivity (Wildman–Crippen MR) is 65.8 cm³/mol. The average Bonchev–Trinajstić information content (AvgIpc) is 2.98. The molecular weight excluding hydrogens is 232 g/mol. The van der Waals surface area contributed by atoms with E-state index in [4.69, 9.17) is 5.73 Å². The summed E-state index contributed by atoms with van der Waals surface area (Å²) in [5, 5.41) is 16.6. The zero-order valence-corrected chi connectivity index (χ0v) is 10.2. The Labute approximate surface area is 105 Å². The summed E-state index contributed by atoms with van der Waals surface area (Å²) in [5.74, 6) is 0.469. The number of carbonyl (C=O) groups excluding carboxylic acids is 1. The van der Waals surface area contributed by atoms with E-state index in [2.05, 4.69) is 10.2 Å². The van der Waals surface area contributed by atoms with Gasteiger partial charge in [-0.3, -0.25) is 9.89 Å². The summed E-state index contributed by atoms with van der Waals surface area (Å²) < 4.78 is 0. The van der Waals surface area contributed by atoms with Crippen LogP contribution in [-0.2, 0) is 0 Å². The van der Waals surface area contributed by atoms with Gasteiger partial charge in [0.2, 0.25) is 0 Å². The summed E-state index contributed by atoms with van der Waals surface area (Å²) in [5.41, 5.74) is 5.42. The van der Waals surface area contributed by atoms with Crippen LogP contribution in [0, 0.1) is 5.92 Å². The number of anilines is 1. The van der Waals surface area contributed by atoms with E-state index in [9.17, 15) is 9.90 Å². The molecule has 4 N–H and O–H groups in total. The maximum absolute atomic E-state index is 12.2. The number of nitrogens with two attached hydrogens (primary N) is 1. The van der Waals surface area contributed by atoms with Crippen LogP contribution in [0.4, 0.5) is 5.82 Å². The van der Waals surface area contributed by atoms with Crippen molar-refractivity contribution in [1.82, 2.24) is 15.1 Å². The highest BCUT2D eigenvalue weighted by atomic mass is 16.3. The normalized spacial score (nSPS) is 26.1. The molecule has 6 heteroatoms. The standard InChI is InChI=1S/C12H18N4O2/c13-10-6-9(14-15-10)11(17)16-5-1-2-8(7-16)12(18)3-4-12/h6,8,18H,1-5,7H2,(H3,13,14,15). The van der Waals surface area contributed by atoms with Gasteiger partial charge < -0.3 is 15.7 Å². The molecule has 2 aliphatic rings. The van der Waals surface area contributed by atoms with E-state index in [1.165, 1.54) is 0 Å². The molecule has 98 valence electrons. The van der Waals surface area contributed by atoms with Crippen LogP contribution in [-0.4, -0.2) is 44.8 Å². The number of nitrogens with zero attached hydrogens (tertiary/aromatic N) is 2. The van der Waals surface area contributed by atoms with Gasteiger partial charge in [-0.15, -0.1) is 0 Å². The van der Waals surface area contributed by atoms with Gasteiger partial charge in [0.05, 0.1) is 5.60 Å². The highest BCUT2D eigenvalue weighted by molar-refractivity contribution is 5.93. The number of hydrogen-bond acceptors (Lipinski definition) is 4. The number of aromatic nitrogens is 2. The van der Waals surface area contributed by atoms with Crippen LogP contribution in [0.5, 0.6) is 0 Å². The van der Waals surface area contributed by atoms with Crippen molar-refractivity contribution in [3.8, 4) is 0 Å². The minimum atomic E-state index is -0.508. The second-order valence-corrected chi connectivity index (χ2v) is 5.40. The largest absolute Gasteiger partial charge is 0.390 e. The first-order valence-corrected chi connectivity index (χ1v) is 6.41. The lowest BCUT2D eigenvalue weighted by atomic mass is 9.90. The first-order chi connectivity index (χ1) is 8.58. The number of piperidine rings is 1. The number of amides is 1. The van der Waals surface area contributed by atoms with E-state index in [-0.39, 0.29) is 11.8 Å². The molecule has 2 fully saturated rings. The molecule has 1 saturated carbocycles. The lowest BCUT2D eigenvalue weighted by molar-refractivity contribution is 0.0279. The molecule has 0 bridgehead atoms. The average molecular weight is 250 g/mol. The van der Waals surface area contributed by atoms with Crippen molar-refractivity contribution in [2.24, 2.45) is 5.92 Å². The summed E-state index contributed by atoms with van der Waals surface area (Å²) in [7, 11) is 0. The fourth-order valence-electron chi connectivity index (χ4n) is 2.75. The first-order valence-electron chi connectivity index (χ1n) is 6.41. The summed E-state index contributed by atoms with van der Waals surface area (Å²) in [6, 6.07) is 1.55. The van der Waals surface area contributed by atoms with Crippen LogP contribution in [0.25, 0.3) is 0 Å². The SMILES string of the molecule is Nc1cc(C(=O)N2CCCC(C3(O)CC3)C2)[nH]n1. The minimum absolute atomic E-state index is 0.0758. The van der Waals surface area contributed by atoms with Crippen molar-refractivity contribution >= 4 is 11.7 Å². The van der Waals surface area contributed by atoms with E-state index >= 15 is 0 Å². The molecule has 1 aromatic rings. The van der Waals surface area contributed by atoms with Crippen LogP contribution in [0.1, 0.15) is 36.2 Å². The molecule has 6 nitrogen and oxygen atoms in total. The lowest BCUT2D eigenvalue weighted by Gasteiger charge is -2.35. The number of aliphatic hydroxyl groups is 1. The van der Waals surface area contributed by atoms with Gasteiger partial charge in [-0.05, 0) is 25.7 Å². The first kappa shape index (κ1) is 11.5. The van der Waals surface area contributed by atoms with Gasteiger partial charge in [0.25, 0.3) is 5.91 Å². The molecule has 1 aliphatic heterocycles. The third-order valence-electron chi connectivity index (χ3n) is 4.06. The Hall–Kier alpha value is -1.56. The Bertz CT molecular complexity index is 466. The zero-order chi connectivity index (χ0) is 12.8. The third kappa shape index (κ3) is 1.96. The molecule has 1 atom stereocenters. The smallest absolute Gasteiger partial charge is 0.271 e. The highest BCUT2D eigenvalue weighted by Crippen LogP contribution is 2.45. The Morgan fingerprint density at radius 2 is 2.39 bits per heavy atom. The van der Waals surface area contributed by atoms with Gasteiger partial charge in [0.1, 0.15) is 11.5 Å². The number of nitrogen functional groups attached to an aromatic ring is 1. The van der Waals surface area contributed by atoms with Crippen LogP contribution in [0.15, 0.2) is 6.07 Å². The number of H-pyrrole nitrogens is 1. The molecule has 1 unspecified atom stereocenters. The van der Waals surface area contributed by atoms with Gasteiger partial charge >= 0.3 is 0 Å². The summed E-state index contributed by atoms with van der Waals surface area (Å²) in [6.07, 6.45) is 3.70. The minimum Gasteiger partial charge on any atom is -0.390 e. The van der Waals surface area contributed by atoms with E-state index in [0.717, 1.165) is 32.2 Å². The number of carbonyl (C=O) groups is 1. The number of rotatable bonds is 2. The van der Waals surface area contributed by atoms with Crippen molar-refractivity contribution in [2.45, 2.75) is 31.3 Å². The van der Waals surface area contributed by atoms with Crippen molar-refractivity contribution in [2.75, 3.05) is 18.8 Å². The Morgan fingerprint density at radius 1 is 1.61 bits per heavy atom. The molecule has 1 aliphatic carbocycles. The van der Waals surface area contributed by atoms with Crippen molar-refractivity contribution in [3.63, 3.8) is 0 Å². The van der Waals surface area contributed by atoms with E-state index in [0.29, 0.717) is 18.1 Å². The lowest BCUT2D eigenvalue weighted by Crippen LogP contribution is -2.44. The summed E-state index contributed by atoms with van der Waals surface area (Å²) >= 11 is 0. The number of aromatic amines is 1. The number of likely N-dealkylation sites (tertiary alicyclic amines) is 1. The molecule has 18 heavy (non-hydrogen) atoms. The predicted octanol–water partition coefficient (Wildman–Crippen LogP) is 0.369. The van der Waals surface area contributed by atoms with Crippen molar-refractivity contribution < 1.29 is 9.90 Å². The maximum atomic E-state index is 12.2. The van der Waals surface area contributed by atoms with E-state index in [1.54, 1.807) is 11.0 Å². The molecule has 3 rings (SSSR count). The van der Waals surface area contributed by atoms with E-state index < -0.39 is 5.60 Å². The highest BCUT2D eigenvalue weighted by Gasteiger charge is 2.49. The summed E-state index contributed by atoms with van der Waals surface area (Å²) in [4.78, 5) is 14.0. The van der Waals surface area contributed by atoms with Gasteiger partial charge in [0, 0.05) is 25.1 Å². The van der Waals surface area contributed by atoms with Gasteiger partial charge in [-0.2, -0.15) is 5.10 Å². The van der Waals surface area contributed by atoms with Crippen LogP contribution in [0.3, 0.4) is 0 Å². The van der Waals surface area contributed by atoms with Crippen LogP contribution in [0.2, 0.25) is 0 Å². The quantitative estimate of drug-likeness (QED) is 0.706. The van der Waals surface area contributed by atoms with E-state index in [1.807, 2.05) is 0 Å². The number of nitrogens with one attached hydrogen (secondary N) is 1. The monoisotopic (exact) mass is 250 g/mol. The maximum Gasteiger partial charge on any atom is 0.271 e. The third-order valence-corrected chi connectivity index (χ3v) is 4.06. The second kappa shape index (κ2) is 3.98. The topological polar surface area (TPSA) is 95.2 Å². The van der Waals surface area contributed by atoms with Crippen LogP contribution < -0.4 is 5.73 Å². The number of hydrogen-bond donors (Lipinski definition) is 3. The van der Waals surface area contributed by atoms with Gasteiger partial charge in [0.15, 0.2) is 0 Å². The second-order valence-electron chi connectivity index (χ2n) is 5.40. The fourth-order valence-corrected chi connectivity index (χ4v) is 2.75. The Morgan fingerprint density at radius 3 is 3.00 bits per heavy atom. The summed E-state index contributed by atoms with van der Waals surface area (Å²) in [6.45, 7) is 1.37. The zero-order valence-electron chi connectivity index (χ0n) is 10.2. The molecule has 0 spiro atoms. The van der Waals surface area contributed by atoms with Crippen molar-refractivity contribution in [3.05, 3.63) is 11.8 Å². The molecule has 2 heterocycles. The fraction of sp³-hybridized carbons (Fsp3) is 0.667. The Balaban J connectivity index is 1.70. The van der Waals surface area contributed by atoms with Crippen molar-refractivity contribution in [1.29, 1.82) is 0 Å². The molecule has 1 aromatic heterocycles. The van der Waals surface area contributed by atoms with Gasteiger partial charge in [-0.1, -0.05) is 0 Å². The van der Waals surface area contributed by atoms with Gasteiger partial charge in [-0.25, -0.2) is 0 Å².